The summed E-state index contributed by atoms with van der Waals surface area (Å²) in [7, 11) is 1.45. The fourth-order valence-corrected chi connectivity index (χ4v) is 2.51. The number of nitrogens with one attached hydrogen (secondary N) is 1. The number of aromatic nitrogens is 2. The lowest BCUT2D eigenvalue weighted by molar-refractivity contribution is 0.0936. The molecule has 1 amide bonds. The molecule has 0 aliphatic carbocycles. The molecule has 25 heavy (non-hydrogen) atoms. The fourth-order valence-electron chi connectivity index (χ4n) is 2.51. The van der Waals surface area contributed by atoms with Crippen LogP contribution in [-0.2, 0) is 0 Å². The van der Waals surface area contributed by atoms with Crippen molar-refractivity contribution in [2.75, 3.05) is 7.11 Å². The first-order valence-electron chi connectivity index (χ1n) is 7.81. The van der Waals surface area contributed by atoms with E-state index in [-0.39, 0.29) is 11.6 Å². The van der Waals surface area contributed by atoms with Crippen LogP contribution < -0.4 is 10.1 Å². The molecule has 1 atom stereocenters. The van der Waals surface area contributed by atoms with Crippen LogP contribution in [0.25, 0.3) is 5.69 Å². The van der Waals surface area contributed by atoms with Gasteiger partial charge in [-0.25, -0.2) is 9.37 Å². The number of hydrogen-bond donors (Lipinski definition) is 1. The Morgan fingerprint density at radius 3 is 2.60 bits per heavy atom. The molecule has 6 heteroatoms. The van der Waals surface area contributed by atoms with E-state index in [4.69, 9.17) is 4.74 Å². The van der Waals surface area contributed by atoms with Crippen LogP contribution in [0.2, 0.25) is 0 Å². The van der Waals surface area contributed by atoms with E-state index in [9.17, 15) is 9.18 Å². The molecule has 3 aromatic rings. The van der Waals surface area contributed by atoms with Crippen molar-refractivity contribution in [3.63, 3.8) is 0 Å². The van der Waals surface area contributed by atoms with Crippen LogP contribution in [-0.4, -0.2) is 22.6 Å². The maximum absolute atomic E-state index is 14.0. The minimum Gasteiger partial charge on any atom is -0.497 e. The molecule has 0 radical (unpaired) electrons. The number of methoxy groups -OCH3 is 1. The van der Waals surface area contributed by atoms with Crippen LogP contribution in [0.5, 0.6) is 5.75 Å². The molecule has 0 saturated carbocycles. The summed E-state index contributed by atoms with van der Waals surface area (Å²) in [4.78, 5) is 16.3. The molecule has 0 saturated heterocycles. The predicted octanol–water partition coefficient (Wildman–Crippen LogP) is 3.51. The first-order valence-corrected chi connectivity index (χ1v) is 7.81. The number of rotatable bonds is 5. The van der Waals surface area contributed by atoms with Crippen molar-refractivity contribution in [2.45, 2.75) is 13.0 Å². The van der Waals surface area contributed by atoms with E-state index < -0.39 is 11.7 Å². The summed E-state index contributed by atoms with van der Waals surface area (Å²) < 4.78 is 20.8. The monoisotopic (exact) mass is 339 g/mol. The molecule has 0 spiro atoms. The number of carbonyl (C=O) groups is 1. The highest BCUT2D eigenvalue weighted by Gasteiger charge is 2.16. The van der Waals surface area contributed by atoms with Gasteiger partial charge in [0.25, 0.3) is 5.91 Å². The molecule has 0 fully saturated rings. The lowest BCUT2D eigenvalue weighted by atomic mass is 10.1. The minimum atomic E-state index is -0.612. The molecule has 5 nitrogen and oxygen atoms in total. The average molecular weight is 339 g/mol. The van der Waals surface area contributed by atoms with Gasteiger partial charge in [0.15, 0.2) is 0 Å². The molecule has 0 aliphatic rings. The minimum absolute atomic E-state index is 0.0114. The van der Waals surface area contributed by atoms with Crippen molar-refractivity contribution in [2.24, 2.45) is 0 Å². The third kappa shape index (κ3) is 3.68. The third-order valence-electron chi connectivity index (χ3n) is 3.96. The Kier molecular flexibility index (Phi) is 4.79. The quantitative estimate of drug-likeness (QED) is 0.774. The van der Waals surface area contributed by atoms with Crippen LogP contribution in [0.1, 0.15) is 28.9 Å². The number of halogens is 1. The topological polar surface area (TPSA) is 56.1 Å². The van der Waals surface area contributed by atoms with Crippen molar-refractivity contribution < 1.29 is 13.9 Å². The molecule has 3 rings (SSSR count). The Bertz CT molecular complexity index is 861. The Labute approximate surface area is 145 Å². The normalized spacial score (nSPS) is 11.8. The van der Waals surface area contributed by atoms with Gasteiger partial charge in [-0.3, -0.25) is 4.79 Å². The van der Waals surface area contributed by atoms with Crippen LogP contribution in [0.4, 0.5) is 4.39 Å². The summed E-state index contributed by atoms with van der Waals surface area (Å²) >= 11 is 0. The lowest BCUT2D eigenvalue weighted by Gasteiger charge is -2.15. The third-order valence-corrected chi connectivity index (χ3v) is 3.96. The molecular weight excluding hydrogens is 321 g/mol. The largest absolute Gasteiger partial charge is 0.497 e. The zero-order chi connectivity index (χ0) is 17.8. The van der Waals surface area contributed by atoms with E-state index >= 15 is 0 Å². The summed E-state index contributed by atoms with van der Waals surface area (Å²) in [6.07, 6.45) is 5.28. The van der Waals surface area contributed by atoms with Gasteiger partial charge in [0, 0.05) is 24.1 Å². The number of amides is 1. The standard InChI is InChI=1S/C19H18FN3O2/c1-13(14-3-5-15(6-4-14)23-10-9-21-12-23)22-19(24)17-8-7-16(25-2)11-18(17)20/h3-13H,1-2H3,(H,22,24)/t13-/m0/s1. The highest BCUT2D eigenvalue weighted by atomic mass is 19.1. The van der Waals surface area contributed by atoms with Crippen molar-refractivity contribution >= 4 is 5.91 Å². The van der Waals surface area contributed by atoms with Gasteiger partial charge in [-0.15, -0.1) is 0 Å². The second kappa shape index (κ2) is 7.17. The van der Waals surface area contributed by atoms with E-state index in [0.717, 1.165) is 11.3 Å². The zero-order valence-electron chi connectivity index (χ0n) is 13.9. The molecule has 1 aromatic heterocycles. The first kappa shape index (κ1) is 16.7. The number of ether oxygens (including phenoxy) is 1. The molecule has 1 N–H and O–H groups in total. The van der Waals surface area contributed by atoms with Crippen LogP contribution in [0, 0.1) is 5.82 Å². The average Bonchev–Trinajstić information content (AvgIpc) is 3.16. The summed E-state index contributed by atoms with van der Waals surface area (Å²) in [5, 5.41) is 2.81. The number of carbonyl (C=O) groups excluding carboxylic acids is 1. The Hall–Kier alpha value is -3.15. The highest BCUT2D eigenvalue weighted by molar-refractivity contribution is 5.94. The molecule has 0 unspecified atom stereocenters. The zero-order valence-corrected chi connectivity index (χ0v) is 13.9. The van der Waals surface area contributed by atoms with E-state index in [1.807, 2.05) is 42.0 Å². The smallest absolute Gasteiger partial charge is 0.254 e. The number of nitrogens with zero attached hydrogens (tertiary/aromatic N) is 2. The van der Waals surface area contributed by atoms with Crippen LogP contribution >= 0.6 is 0 Å². The molecule has 1 heterocycles. The fraction of sp³-hybridized carbons (Fsp3) is 0.158. The van der Waals surface area contributed by atoms with Gasteiger partial charge in [0.1, 0.15) is 11.6 Å². The Morgan fingerprint density at radius 2 is 2.00 bits per heavy atom. The number of imidazole rings is 1. The Morgan fingerprint density at radius 1 is 1.24 bits per heavy atom. The second-order valence-electron chi connectivity index (χ2n) is 5.60. The van der Waals surface area contributed by atoms with Gasteiger partial charge in [-0.2, -0.15) is 0 Å². The number of hydrogen-bond acceptors (Lipinski definition) is 3. The summed E-state index contributed by atoms with van der Waals surface area (Å²) in [5.41, 5.74) is 1.88. The molecule has 2 aromatic carbocycles. The molecule has 128 valence electrons. The summed E-state index contributed by atoms with van der Waals surface area (Å²) in [5.74, 6) is -0.706. The van der Waals surface area contributed by atoms with Crippen molar-refractivity contribution in [3.8, 4) is 11.4 Å². The van der Waals surface area contributed by atoms with E-state index in [1.54, 1.807) is 18.6 Å². The highest BCUT2D eigenvalue weighted by Crippen LogP contribution is 2.19. The predicted molar refractivity (Wildman–Crippen MR) is 92.4 cm³/mol. The van der Waals surface area contributed by atoms with Crippen molar-refractivity contribution in [1.29, 1.82) is 0 Å². The molecule has 0 aliphatic heterocycles. The van der Waals surface area contributed by atoms with E-state index in [1.165, 1.54) is 19.2 Å². The number of benzene rings is 2. The molecular formula is C19H18FN3O2. The van der Waals surface area contributed by atoms with Gasteiger partial charge < -0.3 is 14.6 Å². The van der Waals surface area contributed by atoms with E-state index in [0.29, 0.717) is 5.75 Å². The van der Waals surface area contributed by atoms with Crippen LogP contribution in [0.15, 0.2) is 61.2 Å². The second-order valence-corrected chi connectivity index (χ2v) is 5.60. The lowest BCUT2D eigenvalue weighted by Crippen LogP contribution is -2.27. The van der Waals surface area contributed by atoms with Gasteiger partial charge in [0.2, 0.25) is 0 Å². The van der Waals surface area contributed by atoms with Gasteiger partial charge in [-0.1, -0.05) is 12.1 Å². The summed E-state index contributed by atoms with van der Waals surface area (Å²) in [6, 6.07) is 11.6. The maximum Gasteiger partial charge on any atom is 0.254 e. The van der Waals surface area contributed by atoms with Gasteiger partial charge in [0.05, 0.1) is 25.0 Å². The Balaban J connectivity index is 1.71. The van der Waals surface area contributed by atoms with E-state index in [2.05, 4.69) is 10.3 Å². The maximum atomic E-state index is 14.0. The first-order chi connectivity index (χ1) is 12.1. The van der Waals surface area contributed by atoms with Gasteiger partial charge >= 0.3 is 0 Å². The van der Waals surface area contributed by atoms with Gasteiger partial charge in [-0.05, 0) is 36.8 Å². The SMILES string of the molecule is COc1ccc(C(=O)N[C@@H](C)c2ccc(-n3ccnc3)cc2)c(F)c1. The summed E-state index contributed by atoms with van der Waals surface area (Å²) in [6.45, 7) is 1.85. The van der Waals surface area contributed by atoms with Crippen LogP contribution in [0.3, 0.4) is 0 Å². The molecule has 0 bridgehead atoms. The van der Waals surface area contributed by atoms with Crippen molar-refractivity contribution in [3.05, 3.63) is 78.1 Å². The van der Waals surface area contributed by atoms with Crippen molar-refractivity contribution in [1.82, 2.24) is 14.9 Å².